The van der Waals surface area contributed by atoms with Gasteiger partial charge in [0, 0.05) is 24.0 Å². The lowest BCUT2D eigenvalue weighted by Crippen LogP contribution is -2.07. The van der Waals surface area contributed by atoms with Crippen LogP contribution >= 0.6 is 0 Å². The number of nitrogens with zero attached hydrogens (tertiary/aromatic N) is 3. The van der Waals surface area contributed by atoms with Crippen LogP contribution < -0.4 is 5.56 Å². The predicted octanol–water partition coefficient (Wildman–Crippen LogP) is 3.50. The molecule has 4 rings (SSSR count). The van der Waals surface area contributed by atoms with Crippen LogP contribution in [0.5, 0.6) is 0 Å². The zero-order chi connectivity index (χ0) is 17.2. The van der Waals surface area contributed by atoms with Crippen molar-refractivity contribution in [2.45, 2.75) is 13.0 Å². The fourth-order valence-corrected chi connectivity index (χ4v) is 2.80. The lowest BCUT2D eigenvalue weighted by Gasteiger charge is -2.16. The second kappa shape index (κ2) is 6.24. The maximum absolute atomic E-state index is 11.2. The number of H-pyrrole nitrogens is 1. The lowest BCUT2D eigenvalue weighted by atomic mass is 10.1. The van der Waals surface area contributed by atoms with Crippen LogP contribution in [0.4, 0.5) is 0 Å². The second-order valence-electron chi connectivity index (χ2n) is 5.75. The molecule has 0 radical (unpaired) electrons. The molecular formula is C19H16N4O2. The SMILES string of the molecule is C[C@@H](c1ccccc1)n1cccc1-c1nc(-c2ccc(=O)[nH]c2)no1. The summed E-state index contributed by atoms with van der Waals surface area (Å²) in [6, 6.07) is 17.4. The molecular weight excluding hydrogens is 316 g/mol. The molecule has 1 aromatic carbocycles. The third-order valence-electron chi connectivity index (χ3n) is 4.17. The van der Waals surface area contributed by atoms with Gasteiger partial charge in [0.1, 0.15) is 5.69 Å². The van der Waals surface area contributed by atoms with E-state index in [1.807, 2.05) is 36.5 Å². The van der Waals surface area contributed by atoms with Crippen molar-refractivity contribution >= 4 is 0 Å². The number of aromatic nitrogens is 4. The van der Waals surface area contributed by atoms with Crippen LogP contribution in [0.1, 0.15) is 18.5 Å². The highest BCUT2D eigenvalue weighted by Gasteiger charge is 2.17. The van der Waals surface area contributed by atoms with E-state index in [-0.39, 0.29) is 11.6 Å². The molecule has 0 fully saturated rings. The zero-order valence-electron chi connectivity index (χ0n) is 13.6. The molecule has 3 aromatic heterocycles. The van der Waals surface area contributed by atoms with Gasteiger partial charge in [-0.15, -0.1) is 0 Å². The Balaban J connectivity index is 1.69. The van der Waals surface area contributed by atoms with Gasteiger partial charge in [-0.25, -0.2) is 0 Å². The van der Waals surface area contributed by atoms with Gasteiger partial charge in [0.05, 0.1) is 6.04 Å². The number of hydrogen-bond acceptors (Lipinski definition) is 4. The standard InChI is InChI=1S/C19H16N4O2/c1-13(14-6-3-2-4-7-14)23-11-5-8-16(23)19-21-18(22-25-19)15-9-10-17(24)20-12-15/h2-13H,1H3,(H,20,24)/t13-/m0/s1. The van der Waals surface area contributed by atoms with Crippen LogP contribution in [0.3, 0.4) is 0 Å². The molecule has 0 saturated heterocycles. The summed E-state index contributed by atoms with van der Waals surface area (Å²) in [5, 5.41) is 4.02. The molecule has 124 valence electrons. The molecule has 0 aliphatic heterocycles. The molecule has 0 aliphatic rings. The van der Waals surface area contributed by atoms with Crippen LogP contribution in [0, 0.1) is 0 Å². The quantitative estimate of drug-likeness (QED) is 0.620. The molecule has 1 N–H and O–H groups in total. The van der Waals surface area contributed by atoms with Gasteiger partial charge in [0.15, 0.2) is 0 Å². The fourth-order valence-electron chi connectivity index (χ4n) is 2.80. The van der Waals surface area contributed by atoms with Crippen LogP contribution in [-0.2, 0) is 0 Å². The number of hydrogen-bond donors (Lipinski definition) is 1. The smallest absolute Gasteiger partial charge is 0.274 e. The molecule has 0 aliphatic carbocycles. The van der Waals surface area contributed by atoms with Gasteiger partial charge in [0.2, 0.25) is 11.4 Å². The monoisotopic (exact) mass is 332 g/mol. The predicted molar refractivity (Wildman–Crippen MR) is 94.0 cm³/mol. The Kier molecular flexibility index (Phi) is 3.78. The van der Waals surface area contributed by atoms with Gasteiger partial charge >= 0.3 is 0 Å². The minimum Gasteiger partial charge on any atom is -0.336 e. The van der Waals surface area contributed by atoms with Gasteiger partial charge in [-0.05, 0) is 30.7 Å². The van der Waals surface area contributed by atoms with Gasteiger partial charge < -0.3 is 14.1 Å². The van der Waals surface area contributed by atoms with E-state index < -0.39 is 0 Å². The molecule has 6 nitrogen and oxygen atoms in total. The summed E-state index contributed by atoms with van der Waals surface area (Å²) in [4.78, 5) is 18.3. The van der Waals surface area contributed by atoms with E-state index in [1.165, 1.54) is 11.6 Å². The minimum absolute atomic E-state index is 0.134. The third-order valence-corrected chi connectivity index (χ3v) is 4.17. The summed E-state index contributed by atoms with van der Waals surface area (Å²) in [6.07, 6.45) is 3.57. The molecule has 4 aromatic rings. The maximum atomic E-state index is 11.2. The van der Waals surface area contributed by atoms with Crippen molar-refractivity contribution in [3.05, 3.63) is 82.9 Å². The average Bonchev–Trinajstić information content (AvgIpc) is 3.31. The van der Waals surface area contributed by atoms with E-state index >= 15 is 0 Å². The van der Waals surface area contributed by atoms with E-state index in [0.717, 1.165) is 5.69 Å². The van der Waals surface area contributed by atoms with Crippen molar-refractivity contribution in [1.82, 2.24) is 19.7 Å². The Morgan fingerprint density at radius 2 is 1.92 bits per heavy atom. The summed E-state index contributed by atoms with van der Waals surface area (Å²) in [7, 11) is 0. The summed E-state index contributed by atoms with van der Waals surface area (Å²) in [5.74, 6) is 0.875. The highest BCUT2D eigenvalue weighted by molar-refractivity contribution is 5.57. The molecule has 1 atom stereocenters. The number of rotatable bonds is 4. The molecule has 0 spiro atoms. The first-order valence-electron chi connectivity index (χ1n) is 7.97. The summed E-state index contributed by atoms with van der Waals surface area (Å²) < 4.78 is 7.54. The molecule has 25 heavy (non-hydrogen) atoms. The van der Waals surface area contributed by atoms with Crippen molar-refractivity contribution < 1.29 is 4.52 Å². The van der Waals surface area contributed by atoms with Gasteiger partial charge in [-0.1, -0.05) is 35.5 Å². The molecule has 6 heteroatoms. The number of aromatic amines is 1. The molecule has 0 unspecified atom stereocenters. The maximum Gasteiger partial charge on any atom is 0.274 e. The highest BCUT2D eigenvalue weighted by Crippen LogP contribution is 2.27. The Hall–Kier alpha value is -3.41. The topological polar surface area (TPSA) is 76.7 Å². The number of nitrogens with one attached hydrogen (secondary N) is 1. The first-order valence-corrected chi connectivity index (χ1v) is 7.97. The number of pyridine rings is 1. The van der Waals surface area contributed by atoms with Crippen molar-refractivity contribution in [3.63, 3.8) is 0 Å². The van der Waals surface area contributed by atoms with Crippen molar-refractivity contribution in [2.75, 3.05) is 0 Å². The van der Waals surface area contributed by atoms with Gasteiger partial charge in [-0.3, -0.25) is 4.79 Å². The van der Waals surface area contributed by atoms with Crippen molar-refractivity contribution in [1.29, 1.82) is 0 Å². The van der Waals surface area contributed by atoms with Crippen LogP contribution in [0.15, 0.2) is 76.3 Å². The van der Waals surface area contributed by atoms with E-state index in [9.17, 15) is 4.79 Å². The Labute approximate surface area is 143 Å². The lowest BCUT2D eigenvalue weighted by molar-refractivity contribution is 0.427. The van der Waals surface area contributed by atoms with E-state index in [2.05, 4.69) is 38.7 Å². The van der Waals surface area contributed by atoms with Crippen LogP contribution in [0.2, 0.25) is 0 Å². The van der Waals surface area contributed by atoms with Crippen molar-refractivity contribution in [3.8, 4) is 23.0 Å². The highest BCUT2D eigenvalue weighted by atomic mass is 16.5. The van der Waals surface area contributed by atoms with Gasteiger partial charge in [-0.2, -0.15) is 4.98 Å². The molecule has 0 bridgehead atoms. The molecule has 0 saturated carbocycles. The zero-order valence-corrected chi connectivity index (χ0v) is 13.6. The Morgan fingerprint density at radius 1 is 1.08 bits per heavy atom. The second-order valence-corrected chi connectivity index (χ2v) is 5.75. The van der Waals surface area contributed by atoms with Crippen molar-refractivity contribution in [2.24, 2.45) is 0 Å². The molecule has 3 heterocycles. The van der Waals surface area contributed by atoms with E-state index in [0.29, 0.717) is 17.3 Å². The largest absolute Gasteiger partial charge is 0.336 e. The molecule has 0 amide bonds. The first-order chi connectivity index (χ1) is 12.2. The van der Waals surface area contributed by atoms with Gasteiger partial charge in [0.25, 0.3) is 5.89 Å². The van der Waals surface area contributed by atoms with Crippen LogP contribution in [0.25, 0.3) is 23.0 Å². The fraction of sp³-hybridized carbons (Fsp3) is 0.105. The summed E-state index contributed by atoms with van der Waals surface area (Å²) >= 11 is 0. The third kappa shape index (κ3) is 2.89. The Morgan fingerprint density at radius 3 is 2.68 bits per heavy atom. The summed E-state index contributed by atoms with van der Waals surface area (Å²) in [6.45, 7) is 2.12. The van der Waals surface area contributed by atoms with E-state index in [4.69, 9.17) is 4.52 Å². The Bertz CT molecular complexity index is 1030. The van der Waals surface area contributed by atoms with E-state index in [1.54, 1.807) is 12.3 Å². The first kappa shape index (κ1) is 15.1. The number of benzene rings is 1. The van der Waals surface area contributed by atoms with Crippen LogP contribution in [-0.4, -0.2) is 19.7 Å². The summed E-state index contributed by atoms with van der Waals surface area (Å²) in [5.41, 5.74) is 2.57. The average molecular weight is 332 g/mol. The minimum atomic E-state index is -0.168. The normalized spacial score (nSPS) is 12.2.